The minimum absolute atomic E-state index is 0. The first-order chi connectivity index (χ1) is 10.1. The second kappa shape index (κ2) is 9.13. The molecule has 1 aromatic rings. The van der Waals surface area contributed by atoms with E-state index in [2.05, 4.69) is 28.5 Å². The van der Waals surface area contributed by atoms with Crippen LogP contribution in [0.2, 0.25) is 0 Å². The number of nitrogens with one attached hydrogen (secondary N) is 2. The highest BCUT2D eigenvalue weighted by molar-refractivity contribution is 5.93. The van der Waals surface area contributed by atoms with Gasteiger partial charge in [-0.25, -0.2) is 0 Å². The summed E-state index contributed by atoms with van der Waals surface area (Å²) in [7, 11) is 2.01. The molecule has 0 radical (unpaired) electrons. The third-order valence-electron chi connectivity index (χ3n) is 4.37. The second-order valence-electron chi connectivity index (χ2n) is 5.85. The lowest BCUT2D eigenvalue weighted by Crippen LogP contribution is -2.44. The number of halogens is 1. The maximum Gasteiger partial charge on any atom is 0.238 e. The number of aryl methyl sites for hydroxylation is 2. The Morgan fingerprint density at radius 2 is 2.00 bits per heavy atom. The Bertz CT molecular complexity index is 485. The predicted octanol–water partition coefficient (Wildman–Crippen LogP) is 2.60. The van der Waals surface area contributed by atoms with Gasteiger partial charge in [-0.1, -0.05) is 25.1 Å². The molecule has 124 valence electrons. The second-order valence-corrected chi connectivity index (χ2v) is 5.85. The average Bonchev–Trinajstić information content (AvgIpc) is 2.50. The smallest absolute Gasteiger partial charge is 0.238 e. The van der Waals surface area contributed by atoms with Crippen LogP contribution < -0.4 is 10.6 Å². The predicted molar refractivity (Wildman–Crippen MR) is 95.0 cm³/mol. The van der Waals surface area contributed by atoms with Crippen molar-refractivity contribution in [3.8, 4) is 0 Å². The number of nitrogens with zero attached hydrogens (tertiary/aromatic N) is 1. The van der Waals surface area contributed by atoms with Crippen molar-refractivity contribution in [1.82, 2.24) is 10.2 Å². The lowest BCUT2D eigenvalue weighted by Gasteiger charge is -2.31. The van der Waals surface area contributed by atoms with E-state index in [4.69, 9.17) is 0 Å². The number of anilines is 1. The van der Waals surface area contributed by atoms with Gasteiger partial charge in [0.1, 0.15) is 0 Å². The van der Waals surface area contributed by atoms with Gasteiger partial charge in [0.25, 0.3) is 0 Å². The maximum absolute atomic E-state index is 12.3. The van der Waals surface area contributed by atoms with Crippen molar-refractivity contribution in [1.29, 1.82) is 0 Å². The third-order valence-corrected chi connectivity index (χ3v) is 4.37. The van der Waals surface area contributed by atoms with Gasteiger partial charge in [0.2, 0.25) is 5.91 Å². The van der Waals surface area contributed by atoms with Gasteiger partial charge in [-0.3, -0.25) is 9.69 Å². The Balaban J connectivity index is 0.00000242. The Morgan fingerprint density at radius 1 is 1.32 bits per heavy atom. The van der Waals surface area contributed by atoms with Crippen molar-refractivity contribution in [3.05, 3.63) is 29.3 Å². The highest BCUT2D eigenvalue weighted by Crippen LogP contribution is 2.21. The number of carbonyl (C=O) groups excluding carboxylic acids is 1. The largest absolute Gasteiger partial charge is 0.324 e. The van der Waals surface area contributed by atoms with Crippen LogP contribution in [0.5, 0.6) is 0 Å². The number of hydrogen-bond donors (Lipinski definition) is 2. The number of piperidine rings is 1. The van der Waals surface area contributed by atoms with Crippen LogP contribution in [-0.4, -0.2) is 43.5 Å². The molecule has 1 saturated heterocycles. The average molecular weight is 326 g/mol. The van der Waals surface area contributed by atoms with Gasteiger partial charge in [0, 0.05) is 24.8 Å². The van der Waals surface area contributed by atoms with E-state index in [0.717, 1.165) is 43.6 Å². The van der Waals surface area contributed by atoms with Crippen molar-refractivity contribution in [3.63, 3.8) is 0 Å². The van der Waals surface area contributed by atoms with E-state index in [1.165, 1.54) is 5.56 Å². The number of amides is 1. The van der Waals surface area contributed by atoms with Crippen molar-refractivity contribution in [2.24, 2.45) is 0 Å². The van der Waals surface area contributed by atoms with Crippen LogP contribution >= 0.6 is 12.4 Å². The highest BCUT2D eigenvalue weighted by atomic mass is 35.5. The first-order valence-corrected chi connectivity index (χ1v) is 7.92. The normalized spacial score (nSPS) is 16.1. The molecule has 1 aliphatic heterocycles. The standard InChI is InChI=1S/C17H27N3O.ClH/c1-4-14-7-5-6-13(2)17(14)19-16(21)12-20-10-8-15(18-3)9-11-20;/h5-7,15,18H,4,8-12H2,1-3H3,(H,19,21);1H. The minimum atomic E-state index is 0. The molecule has 4 nitrogen and oxygen atoms in total. The molecule has 1 fully saturated rings. The summed E-state index contributed by atoms with van der Waals surface area (Å²) in [5.41, 5.74) is 3.34. The monoisotopic (exact) mass is 325 g/mol. The molecule has 22 heavy (non-hydrogen) atoms. The van der Waals surface area contributed by atoms with Gasteiger partial charge >= 0.3 is 0 Å². The van der Waals surface area contributed by atoms with E-state index in [-0.39, 0.29) is 18.3 Å². The van der Waals surface area contributed by atoms with E-state index in [9.17, 15) is 4.79 Å². The Morgan fingerprint density at radius 3 is 2.59 bits per heavy atom. The number of hydrogen-bond acceptors (Lipinski definition) is 3. The fourth-order valence-corrected chi connectivity index (χ4v) is 2.96. The zero-order chi connectivity index (χ0) is 15.2. The molecule has 0 bridgehead atoms. The molecule has 0 atom stereocenters. The number of likely N-dealkylation sites (tertiary alicyclic amines) is 1. The van der Waals surface area contributed by atoms with Gasteiger partial charge in [0.15, 0.2) is 0 Å². The lowest BCUT2D eigenvalue weighted by molar-refractivity contribution is -0.117. The summed E-state index contributed by atoms with van der Waals surface area (Å²) in [5, 5.41) is 6.42. The zero-order valence-corrected chi connectivity index (χ0v) is 14.6. The van der Waals surface area contributed by atoms with Crippen LogP contribution in [-0.2, 0) is 11.2 Å². The fourth-order valence-electron chi connectivity index (χ4n) is 2.96. The van der Waals surface area contributed by atoms with Crippen LogP contribution in [0, 0.1) is 6.92 Å². The van der Waals surface area contributed by atoms with E-state index < -0.39 is 0 Å². The summed E-state index contributed by atoms with van der Waals surface area (Å²) in [6, 6.07) is 6.79. The van der Waals surface area contributed by atoms with Crippen LogP contribution in [0.15, 0.2) is 18.2 Å². The molecule has 2 N–H and O–H groups in total. The topological polar surface area (TPSA) is 44.4 Å². The summed E-state index contributed by atoms with van der Waals surface area (Å²) in [4.78, 5) is 14.5. The molecule has 1 amide bonds. The van der Waals surface area contributed by atoms with Gasteiger partial charge < -0.3 is 10.6 Å². The lowest BCUT2D eigenvalue weighted by atomic mass is 10.0. The third kappa shape index (κ3) is 4.97. The van der Waals surface area contributed by atoms with Crippen LogP contribution in [0.3, 0.4) is 0 Å². The number of rotatable bonds is 5. The van der Waals surface area contributed by atoms with Crippen LogP contribution in [0.4, 0.5) is 5.69 Å². The Kier molecular flexibility index (Phi) is 7.87. The highest BCUT2D eigenvalue weighted by Gasteiger charge is 2.20. The van der Waals surface area contributed by atoms with Crippen molar-refractivity contribution in [2.75, 3.05) is 32.0 Å². The first-order valence-electron chi connectivity index (χ1n) is 7.92. The number of benzene rings is 1. The maximum atomic E-state index is 12.3. The quantitative estimate of drug-likeness (QED) is 0.874. The molecule has 0 aliphatic carbocycles. The first kappa shape index (κ1) is 18.9. The molecule has 2 rings (SSSR count). The molecule has 1 aliphatic rings. The summed E-state index contributed by atoms with van der Waals surface area (Å²) in [6.45, 7) is 6.65. The van der Waals surface area contributed by atoms with Gasteiger partial charge in [-0.2, -0.15) is 0 Å². The molecule has 0 saturated carbocycles. The summed E-state index contributed by atoms with van der Waals surface area (Å²) in [6.07, 6.45) is 3.17. The van der Waals surface area contributed by atoms with Gasteiger partial charge in [0.05, 0.1) is 6.54 Å². The van der Waals surface area contributed by atoms with E-state index in [1.807, 2.05) is 26.1 Å². The van der Waals surface area contributed by atoms with E-state index in [1.54, 1.807) is 0 Å². The summed E-state index contributed by atoms with van der Waals surface area (Å²) in [5.74, 6) is 0.0990. The van der Waals surface area contributed by atoms with Gasteiger partial charge in [-0.15, -0.1) is 12.4 Å². The van der Waals surface area contributed by atoms with Gasteiger partial charge in [-0.05, 0) is 44.4 Å². The molecule has 5 heteroatoms. The SMILES string of the molecule is CCc1cccc(C)c1NC(=O)CN1CCC(NC)CC1.Cl. The molecular weight excluding hydrogens is 298 g/mol. The molecular formula is C17H28ClN3O. The van der Waals surface area contributed by atoms with Crippen molar-refractivity contribution < 1.29 is 4.79 Å². The molecule has 0 spiro atoms. The Labute approximate surface area is 140 Å². The fraction of sp³-hybridized carbons (Fsp3) is 0.588. The number of carbonyl (C=O) groups is 1. The minimum Gasteiger partial charge on any atom is -0.324 e. The zero-order valence-electron chi connectivity index (χ0n) is 13.8. The number of para-hydroxylation sites is 1. The molecule has 0 aromatic heterocycles. The Hall–Kier alpha value is -1.10. The van der Waals surface area contributed by atoms with Crippen LogP contribution in [0.25, 0.3) is 0 Å². The molecule has 1 heterocycles. The van der Waals surface area contributed by atoms with Crippen LogP contribution in [0.1, 0.15) is 30.9 Å². The van der Waals surface area contributed by atoms with Crippen molar-refractivity contribution in [2.45, 2.75) is 39.2 Å². The summed E-state index contributed by atoms with van der Waals surface area (Å²) >= 11 is 0. The molecule has 0 unspecified atom stereocenters. The molecule has 1 aromatic carbocycles. The van der Waals surface area contributed by atoms with E-state index in [0.29, 0.717) is 12.6 Å². The summed E-state index contributed by atoms with van der Waals surface area (Å²) < 4.78 is 0. The van der Waals surface area contributed by atoms with Crippen molar-refractivity contribution >= 4 is 24.0 Å². The van der Waals surface area contributed by atoms with E-state index >= 15 is 0 Å².